The molecule has 0 saturated heterocycles. The summed E-state index contributed by atoms with van der Waals surface area (Å²) in [4.78, 5) is 13.7. The summed E-state index contributed by atoms with van der Waals surface area (Å²) in [5, 5.41) is 11.9. The van der Waals surface area contributed by atoms with Crippen LogP contribution in [0, 0.1) is 39.9 Å². The van der Waals surface area contributed by atoms with Crippen molar-refractivity contribution in [3.8, 4) is 11.8 Å². The molecule has 5 rings (SSSR count). The molecule has 4 aliphatic carbocycles. The van der Waals surface area contributed by atoms with Crippen LogP contribution >= 0.6 is 0 Å². The van der Waals surface area contributed by atoms with Crippen molar-refractivity contribution in [2.75, 3.05) is 18.5 Å². The van der Waals surface area contributed by atoms with Gasteiger partial charge in [0.05, 0.1) is 0 Å². The highest BCUT2D eigenvalue weighted by Crippen LogP contribution is 2.75. The number of aliphatic hydroxyl groups is 1. The first-order chi connectivity index (χ1) is 17.7. The van der Waals surface area contributed by atoms with Gasteiger partial charge in [0.15, 0.2) is 5.78 Å². The van der Waals surface area contributed by atoms with E-state index in [0.717, 1.165) is 37.7 Å². The van der Waals surface area contributed by atoms with Gasteiger partial charge in [-0.05, 0) is 97.8 Å². The van der Waals surface area contributed by atoms with Crippen LogP contribution < -0.4 is 4.90 Å². The average molecular weight is 528 g/mol. The Morgan fingerprint density at radius 1 is 1.05 bits per heavy atom. The summed E-state index contributed by atoms with van der Waals surface area (Å²) in [7, 11) is 1.46. The molecule has 38 heavy (non-hydrogen) atoms. The predicted molar refractivity (Wildman–Crippen MR) is 144 cm³/mol. The normalized spacial score (nSPS) is 40.3. The minimum Gasteiger partial charge on any atom is -0.377 e. The molecule has 206 valence electrons. The van der Waals surface area contributed by atoms with Gasteiger partial charge >= 0.3 is 6.18 Å². The fourth-order valence-electron chi connectivity index (χ4n) is 9.28. The highest BCUT2D eigenvalue weighted by Gasteiger charge is 2.70. The van der Waals surface area contributed by atoms with Crippen LogP contribution in [0.2, 0.25) is 0 Å². The molecule has 1 aromatic rings. The standard InChI is InChI=1S/C32H40F3NO2/c1-6-15-31(38)17-14-25-26-12-9-22-18-24(37)13-16-28(22,2)30(26,4)27(19-29(25,31)3)21-7-10-23(11-8-21)36(5)20-32(33,34)35/h7-8,10-11,18,25-27,38H,9,12-14,16-17,19-20H2,1-5H3/t25-,26-,27+,28-,29-,30+,31-/m0/s1. The molecule has 0 heterocycles. The molecule has 0 aromatic heterocycles. The summed E-state index contributed by atoms with van der Waals surface area (Å²) in [5.74, 6) is 7.14. The van der Waals surface area contributed by atoms with Gasteiger partial charge in [0.1, 0.15) is 12.1 Å². The van der Waals surface area contributed by atoms with Gasteiger partial charge in [-0.15, -0.1) is 5.92 Å². The number of halogens is 3. The van der Waals surface area contributed by atoms with Gasteiger partial charge in [-0.1, -0.05) is 44.4 Å². The van der Waals surface area contributed by atoms with E-state index in [2.05, 4.69) is 32.6 Å². The molecule has 1 N–H and O–H groups in total. The second kappa shape index (κ2) is 8.88. The molecular weight excluding hydrogens is 487 g/mol. The van der Waals surface area contributed by atoms with Gasteiger partial charge in [0, 0.05) is 24.6 Å². The Morgan fingerprint density at radius 3 is 2.37 bits per heavy atom. The molecule has 3 saturated carbocycles. The number of benzene rings is 1. The minimum atomic E-state index is -4.27. The van der Waals surface area contributed by atoms with Gasteiger partial charge in [0.25, 0.3) is 0 Å². The lowest BCUT2D eigenvalue weighted by Crippen LogP contribution is -2.62. The molecule has 6 heteroatoms. The number of anilines is 1. The highest BCUT2D eigenvalue weighted by atomic mass is 19.4. The monoisotopic (exact) mass is 527 g/mol. The third-order valence-corrected chi connectivity index (χ3v) is 11.5. The van der Waals surface area contributed by atoms with E-state index >= 15 is 0 Å². The number of alkyl halides is 3. The zero-order chi connectivity index (χ0) is 27.7. The van der Waals surface area contributed by atoms with Crippen LogP contribution in [0.1, 0.15) is 84.1 Å². The summed E-state index contributed by atoms with van der Waals surface area (Å²) < 4.78 is 39.1. The fourth-order valence-corrected chi connectivity index (χ4v) is 9.28. The first kappa shape index (κ1) is 27.3. The Bertz CT molecular complexity index is 1210. The Labute approximate surface area is 224 Å². The minimum absolute atomic E-state index is 0.0703. The topological polar surface area (TPSA) is 40.5 Å². The van der Waals surface area contributed by atoms with Crippen molar-refractivity contribution in [2.45, 2.75) is 90.3 Å². The summed E-state index contributed by atoms with van der Waals surface area (Å²) in [6.07, 6.45) is 3.22. The van der Waals surface area contributed by atoms with Gasteiger partial charge < -0.3 is 10.0 Å². The van der Waals surface area contributed by atoms with Crippen LogP contribution in [0.5, 0.6) is 0 Å². The molecule has 0 aliphatic heterocycles. The zero-order valence-electron chi connectivity index (χ0n) is 23.2. The lowest BCUT2D eigenvalue weighted by atomic mass is 9.36. The van der Waals surface area contributed by atoms with Crippen molar-refractivity contribution in [3.63, 3.8) is 0 Å². The summed E-state index contributed by atoms with van der Waals surface area (Å²) in [5.41, 5.74) is 1.12. The van der Waals surface area contributed by atoms with Crippen LogP contribution in [-0.4, -0.2) is 36.3 Å². The number of ketones is 1. The molecule has 3 nitrogen and oxygen atoms in total. The number of rotatable bonds is 3. The molecule has 1 aromatic carbocycles. The first-order valence-electron chi connectivity index (χ1n) is 14.0. The highest BCUT2D eigenvalue weighted by molar-refractivity contribution is 5.91. The van der Waals surface area contributed by atoms with Crippen LogP contribution in [0.15, 0.2) is 35.9 Å². The molecule has 0 amide bonds. The van der Waals surface area contributed by atoms with E-state index < -0.39 is 23.7 Å². The Hall–Kier alpha value is -2.26. The van der Waals surface area contributed by atoms with E-state index in [1.54, 1.807) is 19.1 Å². The van der Waals surface area contributed by atoms with Crippen LogP contribution in [0.3, 0.4) is 0 Å². The molecule has 3 fully saturated rings. The number of carbonyl (C=O) groups is 1. The van der Waals surface area contributed by atoms with Gasteiger partial charge in [-0.2, -0.15) is 13.2 Å². The van der Waals surface area contributed by atoms with Crippen molar-refractivity contribution < 1.29 is 23.1 Å². The third-order valence-electron chi connectivity index (χ3n) is 11.5. The summed E-state index contributed by atoms with van der Waals surface area (Å²) >= 11 is 0. The number of allylic oxidation sites excluding steroid dienone is 1. The van der Waals surface area contributed by atoms with E-state index in [9.17, 15) is 23.1 Å². The maximum atomic E-state index is 13.0. The number of fused-ring (bicyclic) bond motifs is 5. The van der Waals surface area contributed by atoms with Gasteiger partial charge in [0.2, 0.25) is 0 Å². The van der Waals surface area contributed by atoms with Crippen molar-refractivity contribution in [1.29, 1.82) is 0 Å². The molecule has 0 spiro atoms. The Kier molecular flexibility index (Phi) is 6.38. The van der Waals surface area contributed by atoms with Gasteiger partial charge in [-0.3, -0.25) is 4.79 Å². The lowest BCUT2D eigenvalue weighted by Gasteiger charge is -2.67. The fraction of sp³-hybridized carbons (Fsp3) is 0.656. The molecule has 0 unspecified atom stereocenters. The second-order valence-electron chi connectivity index (χ2n) is 13.0. The van der Waals surface area contributed by atoms with Gasteiger partial charge in [-0.25, -0.2) is 0 Å². The average Bonchev–Trinajstić information content (AvgIpc) is 3.09. The second-order valence-corrected chi connectivity index (χ2v) is 13.0. The lowest BCUT2D eigenvalue weighted by molar-refractivity contribution is -0.159. The summed E-state index contributed by atoms with van der Waals surface area (Å²) in [6, 6.07) is 7.58. The Balaban J connectivity index is 1.62. The number of hydrogen-bond acceptors (Lipinski definition) is 3. The van der Waals surface area contributed by atoms with E-state index in [1.807, 2.05) is 18.2 Å². The Morgan fingerprint density at radius 2 is 1.74 bits per heavy atom. The van der Waals surface area contributed by atoms with Crippen molar-refractivity contribution in [2.24, 2.45) is 28.1 Å². The van der Waals surface area contributed by atoms with Crippen LogP contribution in [0.25, 0.3) is 0 Å². The molecule has 0 bridgehead atoms. The smallest absolute Gasteiger partial charge is 0.377 e. The van der Waals surface area contributed by atoms with E-state index in [0.29, 0.717) is 30.4 Å². The molecule has 0 radical (unpaired) electrons. The van der Waals surface area contributed by atoms with E-state index in [4.69, 9.17) is 0 Å². The van der Waals surface area contributed by atoms with Crippen molar-refractivity contribution in [1.82, 2.24) is 0 Å². The molecular formula is C32H40F3NO2. The van der Waals surface area contributed by atoms with E-state index in [1.165, 1.54) is 17.5 Å². The largest absolute Gasteiger partial charge is 0.405 e. The number of hydrogen-bond donors (Lipinski definition) is 1. The predicted octanol–water partition coefficient (Wildman–Crippen LogP) is 7.06. The van der Waals surface area contributed by atoms with Crippen molar-refractivity contribution >= 4 is 11.5 Å². The quantitative estimate of drug-likeness (QED) is 0.428. The summed E-state index contributed by atoms with van der Waals surface area (Å²) in [6.45, 7) is 7.74. The van der Waals surface area contributed by atoms with Crippen LogP contribution in [-0.2, 0) is 4.79 Å². The maximum absolute atomic E-state index is 13.0. The SMILES string of the molecule is CC#C[C@]1(O)CC[C@H]2[C@@H]3CCC4=CC(=O)CC[C@]4(C)[C@@]3(C)[C@@H](c3ccc(N(C)CC(F)(F)F)cc3)C[C@@]21C. The van der Waals surface area contributed by atoms with Crippen molar-refractivity contribution in [3.05, 3.63) is 41.5 Å². The first-order valence-corrected chi connectivity index (χ1v) is 14.0. The maximum Gasteiger partial charge on any atom is 0.405 e. The molecule has 7 atom stereocenters. The number of nitrogens with zero attached hydrogens (tertiary/aromatic N) is 1. The van der Waals surface area contributed by atoms with Crippen LogP contribution in [0.4, 0.5) is 18.9 Å². The number of carbonyl (C=O) groups excluding carboxylic acids is 1. The zero-order valence-corrected chi connectivity index (χ0v) is 23.2. The molecule has 4 aliphatic rings. The third kappa shape index (κ3) is 3.86. The van der Waals surface area contributed by atoms with E-state index in [-0.39, 0.29) is 22.5 Å².